The van der Waals surface area contributed by atoms with Crippen LogP contribution < -0.4 is 14.2 Å². The SMILES string of the molecule is CCCCCOc1ccc(C2c3c(-c4ccccc4)n[nH]c3C(=O)N2Cc2ccc3c(c2)OCO3)cc1. The van der Waals surface area contributed by atoms with Crippen molar-refractivity contribution in [2.24, 2.45) is 0 Å². The van der Waals surface area contributed by atoms with Gasteiger partial charge in [-0.25, -0.2) is 0 Å². The van der Waals surface area contributed by atoms with Crippen LogP contribution in [0.2, 0.25) is 0 Å². The summed E-state index contributed by atoms with van der Waals surface area (Å²) in [6.45, 7) is 3.52. The van der Waals surface area contributed by atoms with E-state index in [9.17, 15) is 4.79 Å². The Labute approximate surface area is 216 Å². The molecule has 1 aromatic heterocycles. The Kier molecular flexibility index (Phi) is 6.26. The predicted octanol–water partition coefficient (Wildman–Crippen LogP) is 6.12. The zero-order valence-corrected chi connectivity index (χ0v) is 20.8. The van der Waals surface area contributed by atoms with Crippen molar-refractivity contribution < 1.29 is 19.0 Å². The van der Waals surface area contributed by atoms with Crippen molar-refractivity contribution in [3.05, 3.63) is 95.2 Å². The molecule has 1 N–H and O–H groups in total. The van der Waals surface area contributed by atoms with Crippen LogP contribution in [0.15, 0.2) is 72.8 Å². The van der Waals surface area contributed by atoms with E-state index in [1.807, 2.05) is 65.6 Å². The molecule has 2 aliphatic heterocycles. The number of nitrogens with one attached hydrogen (secondary N) is 1. The molecule has 2 aliphatic rings. The predicted molar refractivity (Wildman–Crippen MR) is 140 cm³/mol. The lowest BCUT2D eigenvalue weighted by Gasteiger charge is -2.27. The van der Waals surface area contributed by atoms with Crippen molar-refractivity contribution in [1.29, 1.82) is 0 Å². The lowest BCUT2D eigenvalue weighted by atomic mass is 9.96. The highest BCUT2D eigenvalue weighted by Gasteiger charge is 2.42. The van der Waals surface area contributed by atoms with Gasteiger partial charge < -0.3 is 19.1 Å². The molecule has 1 atom stereocenters. The van der Waals surface area contributed by atoms with Crippen LogP contribution in [0, 0.1) is 0 Å². The summed E-state index contributed by atoms with van der Waals surface area (Å²) in [5.41, 5.74) is 5.17. The minimum absolute atomic E-state index is 0.0766. The molecule has 1 unspecified atom stereocenters. The van der Waals surface area contributed by atoms with E-state index in [0.29, 0.717) is 24.6 Å². The molecule has 188 valence electrons. The van der Waals surface area contributed by atoms with Gasteiger partial charge in [0.1, 0.15) is 11.4 Å². The number of hydrogen-bond donors (Lipinski definition) is 1. The molecular formula is C30H29N3O4. The fourth-order valence-electron chi connectivity index (χ4n) is 5.05. The van der Waals surface area contributed by atoms with E-state index < -0.39 is 0 Å². The number of nitrogens with zero attached hydrogens (tertiary/aromatic N) is 2. The summed E-state index contributed by atoms with van der Waals surface area (Å²) in [4.78, 5) is 15.6. The maximum atomic E-state index is 13.7. The van der Waals surface area contributed by atoms with Crippen molar-refractivity contribution in [3.8, 4) is 28.5 Å². The van der Waals surface area contributed by atoms with Crippen molar-refractivity contribution in [1.82, 2.24) is 15.1 Å². The third kappa shape index (κ3) is 4.42. The van der Waals surface area contributed by atoms with E-state index in [1.165, 1.54) is 0 Å². The van der Waals surface area contributed by atoms with Crippen LogP contribution in [0.3, 0.4) is 0 Å². The van der Waals surface area contributed by atoms with Gasteiger partial charge >= 0.3 is 0 Å². The number of amides is 1. The number of benzene rings is 3. The molecule has 0 aliphatic carbocycles. The zero-order valence-electron chi connectivity index (χ0n) is 20.8. The van der Waals surface area contributed by atoms with Gasteiger partial charge in [0, 0.05) is 17.7 Å². The Bertz CT molecular complexity index is 1400. The van der Waals surface area contributed by atoms with E-state index >= 15 is 0 Å². The highest BCUT2D eigenvalue weighted by atomic mass is 16.7. The first kappa shape index (κ1) is 23.2. The van der Waals surface area contributed by atoms with Crippen LogP contribution in [-0.2, 0) is 6.54 Å². The van der Waals surface area contributed by atoms with E-state index in [-0.39, 0.29) is 18.7 Å². The quantitative estimate of drug-likeness (QED) is 0.283. The summed E-state index contributed by atoms with van der Waals surface area (Å²) in [6, 6.07) is 23.6. The standard InChI is InChI=1S/C30H29N3O4/c1-2-3-7-16-35-23-13-11-22(12-14-23)29-26-27(21-8-5-4-6-9-21)31-32-28(26)30(34)33(29)18-20-10-15-24-25(17-20)37-19-36-24/h4-6,8-15,17,29H,2-3,7,16,18-19H2,1H3,(H,31,32). The molecule has 0 saturated carbocycles. The second-order valence-corrected chi connectivity index (χ2v) is 9.37. The van der Waals surface area contributed by atoms with Gasteiger partial charge in [-0.1, -0.05) is 68.3 Å². The van der Waals surface area contributed by atoms with Gasteiger partial charge in [-0.2, -0.15) is 5.10 Å². The average molecular weight is 496 g/mol. The fourth-order valence-corrected chi connectivity index (χ4v) is 5.05. The number of aromatic nitrogens is 2. The Hall–Kier alpha value is -4.26. The van der Waals surface area contributed by atoms with Crippen LogP contribution in [0.4, 0.5) is 0 Å². The molecule has 1 amide bonds. The van der Waals surface area contributed by atoms with Gasteiger partial charge in [0.15, 0.2) is 11.5 Å². The Balaban J connectivity index is 1.35. The van der Waals surface area contributed by atoms with Gasteiger partial charge in [-0.15, -0.1) is 0 Å². The minimum Gasteiger partial charge on any atom is -0.494 e. The molecule has 0 spiro atoms. The highest BCUT2D eigenvalue weighted by molar-refractivity contribution is 6.00. The van der Waals surface area contributed by atoms with Crippen LogP contribution in [0.25, 0.3) is 11.3 Å². The molecule has 4 aromatic rings. The number of H-pyrrole nitrogens is 1. The Morgan fingerprint density at radius 3 is 2.62 bits per heavy atom. The second-order valence-electron chi connectivity index (χ2n) is 9.37. The van der Waals surface area contributed by atoms with E-state index in [2.05, 4.69) is 29.3 Å². The molecule has 3 heterocycles. The molecule has 7 heteroatoms. The molecule has 37 heavy (non-hydrogen) atoms. The molecule has 0 radical (unpaired) electrons. The first-order valence-corrected chi connectivity index (χ1v) is 12.8. The molecular weight excluding hydrogens is 466 g/mol. The van der Waals surface area contributed by atoms with Crippen LogP contribution in [0.1, 0.15) is 59.4 Å². The molecule has 0 bridgehead atoms. The van der Waals surface area contributed by atoms with E-state index in [0.717, 1.165) is 58.7 Å². The maximum Gasteiger partial charge on any atom is 0.273 e. The van der Waals surface area contributed by atoms with Crippen molar-refractivity contribution in [2.75, 3.05) is 13.4 Å². The Morgan fingerprint density at radius 2 is 1.81 bits per heavy atom. The minimum atomic E-state index is -0.295. The number of hydrogen-bond acceptors (Lipinski definition) is 5. The summed E-state index contributed by atoms with van der Waals surface area (Å²) in [5, 5.41) is 7.60. The number of aromatic amines is 1. The van der Waals surface area contributed by atoms with Gasteiger partial charge in [-0.05, 0) is 41.8 Å². The number of carbonyl (C=O) groups is 1. The van der Waals surface area contributed by atoms with E-state index in [1.54, 1.807) is 0 Å². The number of rotatable bonds is 9. The largest absolute Gasteiger partial charge is 0.494 e. The first-order chi connectivity index (χ1) is 18.2. The average Bonchev–Trinajstić information content (AvgIpc) is 3.64. The maximum absolute atomic E-state index is 13.7. The van der Waals surface area contributed by atoms with Gasteiger partial charge in [0.25, 0.3) is 5.91 Å². The lowest BCUT2D eigenvalue weighted by molar-refractivity contribution is 0.0730. The third-order valence-electron chi connectivity index (χ3n) is 6.91. The van der Waals surface area contributed by atoms with Crippen LogP contribution in [0.5, 0.6) is 17.2 Å². The summed E-state index contributed by atoms with van der Waals surface area (Å²) in [7, 11) is 0. The van der Waals surface area contributed by atoms with Crippen molar-refractivity contribution in [3.63, 3.8) is 0 Å². The zero-order chi connectivity index (χ0) is 25.2. The fraction of sp³-hybridized carbons (Fsp3) is 0.267. The van der Waals surface area contributed by atoms with Gasteiger partial charge in [0.2, 0.25) is 6.79 Å². The summed E-state index contributed by atoms with van der Waals surface area (Å²) in [5.74, 6) is 2.19. The molecule has 0 fully saturated rings. The third-order valence-corrected chi connectivity index (χ3v) is 6.91. The highest BCUT2D eigenvalue weighted by Crippen LogP contribution is 2.44. The molecule has 6 rings (SSSR count). The molecule has 0 saturated heterocycles. The van der Waals surface area contributed by atoms with Crippen LogP contribution >= 0.6 is 0 Å². The summed E-state index contributed by atoms with van der Waals surface area (Å²) in [6.07, 6.45) is 3.36. The first-order valence-electron chi connectivity index (χ1n) is 12.8. The monoisotopic (exact) mass is 495 g/mol. The summed E-state index contributed by atoms with van der Waals surface area (Å²) < 4.78 is 17.0. The summed E-state index contributed by atoms with van der Waals surface area (Å²) >= 11 is 0. The normalized spacial score (nSPS) is 15.8. The molecule has 7 nitrogen and oxygen atoms in total. The van der Waals surface area contributed by atoms with Gasteiger partial charge in [-0.3, -0.25) is 9.89 Å². The number of ether oxygens (including phenoxy) is 3. The van der Waals surface area contributed by atoms with Gasteiger partial charge in [0.05, 0.1) is 18.3 Å². The topological polar surface area (TPSA) is 76.7 Å². The molecule has 3 aromatic carbocycles. The second kappa shape index (κ2) is 10.0. The number of unbranched alkanes of at least 4 members (excludes halogenated alkanes) is 2. The number of fused-ring (bicyclic) bond motifs is 2. The smallest absolute Gasteiger partial charge is 0.273 e. The van der Waals surface area contributed by atoms with Crippen molar-refractivity contribution >= 4 is 5.91 Å². The lowest BCUT2D eigenvalue weighted by Crippen LogP contribution is -2.29. The van der Waals surface area contributed by atoms with Crippen molar-refractivity contribution in [2.45, 2.75) is 38.8 Å². The Morgan fingerprint density at radius 1 is 1.00 bits per heavy atom. The van der Waals surface area contributed by atoms with E-state index in [4.69, 9.17) is 14.2 Å². The number of carbonyl (C=O) groups excluding carboxylic acids is 1. The van der Waals surface area contributed by atoms with Crippen LogP contribution in [-0.4, -0.2) is 34.4 Å².